The maximum Gasteiger partial charge on any atom is 0.267 e. The molecule has 8 heteroatoms. The SMILES string of the molecule is Cl.O=C(C=Cc1cccc(C=CC(=O)N2CCN(CCc3ccccc3)CC2)n1)NO. The zero-order valence-corrected chi connectivity index (χ0v) is 18.0. The lowest BCUT2D eigenvalue weighted by atomic mass is 10.1. The quantitative estimate of drug-likeness (QED) is 0.391. The Morgan fingerprint density at radius 3 is 2.23 bits per heavy atom. The molecule has 1 aliphatic heterocycles. The average molecular weight is 443 g/mol. The van der Waals surface area contributed by atoms with Gasteiger partial charge in [0.25, 0.3) is 5.91 Å². The lowest BCUT2D eigenvalue weighted by molar-refractivity contribution is -0.127. The van der Waals surface area contributed by atoms with Gasteiger partial charge in [0.1, 0.15) is 0 Å². The maximum absolute atomic E-state index is 12.5. The van der Waals surface area contributed by atoms with Crippen molar-refractivity contribution in [2.24, 2.45) is 0 Å². The number of halogens is 1. The second-order valence-electron chi connectivity index (χ2n) is 7.03. The molecule has 2 heterocycles. The topological polar surface area (TPSA) is 85.8 Å². The van der Waals surface area contributed by atoms with Crippen molar-refractivity contribution in [2.75, 3.05) is 32.7 Å². The predicted molar refractivity (Wildman–Crippen MR) is 123 cm³/mol. The van der Waals surface area contributed by atoms with E-state index in [9.17, 15) is 9.59 Å². The van der Waals surface area contributed by atoms with E-state index in [0.29, 0.717) is 24.5 Å². The highest BCUT2D eigenvalue weighted by Crippen LogP contribution is 2.08. The first kappa shape index (κ1) is 24.3. The second kappa shape index (κ2) is 12.6. The van der Waals surface area contributed by atoms with Gasteiger partial charge in [-0.2, -0.15) is 0 Å². The molecule has 3 rings (SSSR count). The smallest absolute Gasteiger partial charge is 0.267 e. The molecule has 164 valence electrons. The van der Waals surface area contributed by atoms with Gasteiger partial charge in [0.15, 0.2) is 0 Å². The van der Waals surface area contributed by atoms with Crippen LogP contribution in [0.1, 0.15) is 17.0 Å². The second-order valence-corrected chi connectivity index (χ2v) is 7.03. The van der Waals surface area contributed by atoms with Crippen LogP contribution in [0.3, 0.4) is 0 Å². The number of amides is 2. The molecular weight excluding hydrogens is 416 g/mol. The van der Waals surface area contributed by atoms with Gasteiger partial charge in [0, 0.05) is 44.9 Å². The van der Waals surface area contributed by atoms with E-state index in [1.165, 1.54) is 29.3 Å². The van der Waals surface area contributed by atoms with Gasteiger partial charge in [-0.05, 0) is 36.3 Å². The maximum atomic E-state index is 12.5. The number of carbonyl (C=O) groups is 2. The van der Waals surface area contributed by atoms with Crippen LogP contribution in [0.4, 0.5) is 0 Å². The number of carbonyl (C=O) groups excluding carboxylic acids is 2. The number of nitrogens with zero attached hydrogens (tertiary/aromatic N) is 3. The zero-order valence-electron chi connectivity index (χ0n) is 17.2. The lowest BCUT2D eigenvalue weighted by Crippen LogP contribution is -2.48. The van der Waals surface area contributed by atoms with Crippen molar-refractivity contribution in [3.05, 3.63) is 77.6 Å². The highest BCUT2D eigenvalue weighted by Gasteiger charge is 2.19. The van der Waals surface area contributed by atoms with E-state index in [-0.39, 0.29) is 18.3 Å². The Bertz CT molecular complexity index is 910. The van der Waals surface area contributed by atoms with Crippen molar-refractivity contribution in [1.29, 1.82) is 0 Å². The fourth-order valence-electron chi connectivity index (χ4n) is 3.24. The number of hydroxylamine groups is 1. The minimum Gasteiger partial charge on any atom is -0.337 e. The van der Waals surface area contributed by atoms with Crippen molar-refractivity contribution in [3.63, 3.8) is 0 Å². The normalized spacial score (nSPS) is 14.5. The molecule has 1 aromatic heterocycles. The zero-order chi connectivity index (χ0) is 21.2. The molecule has 0 bridgehead atoms. The van der Waals surface area contributed by atoms with E-state index >= 15 is 0 Å². The van der Waals surface area contributed by atoms with Gasteiger partial charge in [-0.1, -0.05) is 36.4 Å². The first-order valence-electron chi connectivity index (χ1n) is 9.96. The summed E-state index contributed by atoms with van der Waals surface area (Å²) in [6, 6.07) is 15.7. The molecule has 0 atom stereocenters. The molecule has 7 nitrogen and oxygen atoms in total. The van der Waals surface area contributed by atoms with Crippen LogP contribution in [0.5, 0.6) is 0 Å². The predicted octanol–water partition coefficient (Wildman–Crippen LogP) is 2.42. The highest BCUT2D eigenvalue weighted by atomic mass is 35.5. The number of benzene rings is 1. The van der Waals surface area contributed by atoms with Crippen molar-refractivity contribution >= 4 is 36.4 Å². The summed E-state index contributed by atoms with van der Waals surface area (Å²) in [5, 5.41) is 8.51. The van der Waals surface area contributed by atoms with Crippen LogP contribution in [0, 0.1) is 0 Å². The number of pyridine rings is 1. The molecule has 2 N–H and O–H groups in total. The Morgan fingerprint density at radius 1 is 0.935 bits per heavy atom. The lowest BCUT2D eigenvalue weighted by Gasteiger charge is -2.34. The third kappa shape index (κ3) is 7.97. The molecule has 0 saturated carbocycles. The summed E-state index contributed by atoms with van der Waals surface area (Å²) in [5.41, 5.74) is 4.04. The minimum atomic E-state index is -0.629. The van der Waals surface area contributed by atoms with Gasteiger partial charge in [-0.3, -0.25) is 19.7 Å². The van der Waals surface area contributed by atoms with Crippen LogP contribution in [0.2, 0.25) is 0 Å². The van der Waals surface area contributed by atoms with Crippen LogP contribution >= 0.6 is 12.4 Å². The van der Waals surface area contributed by atoms with Gasteiger partial charge >= 0.3 is 0 Å². The molecule has 31 heavy (non-hydrogen) atoms. The molecule has 0 unspecified atom stereocenters. The number of nitrogens with one attached hydrogen (secondary N) is 1. The molecular formula is C23H27ClN4O3. The van der Waals surface area contributed by atoms with Gasteiger partial charge in [0.2, 0.25) is 5.91 Å². The molecule has 1 fully saturated rings. The fraction of sp³-hybridized carbons (Fsp3) is 0.261. The standard InChI is InChI=1S/C23H26N4O3.ClH/c28-22(25-30)11-9-20-7-4-8-21(24-20)10-12-23(29)27-17-15-26(16-18-27)14-13-19-5-2-1-3-6-19;/h1-12,30H,13-18H2,(H,25,28);1H. The molecule has 2 aromatic rings. The summed E-state index contributed by atoms with van der Waals surface area (Å²) in [6.07, 6.45) is 6.90. The van der Waals surface area contributed by atoms with Gasteiger partial charge in [-0.15, -0.1) is 12.4 Å². The van der Waals surface area contributed by atoms with E-state index in [2.05, 4.69) is 34.1 Å². The Hall–Kier alpha value is -3.00. The van der Waals surface area contributed by atoms with Gasteiger partial charge in [0.05, 0.1) is 11.4 Å². The van der Waals surface area contributed by atoms with Gasteiger partial charge < -0.3 is 4.90 Å². The van der Waals surface area contributed by atoms with Gasteiger partial charge in [-0.25, -0.2) is 10.5 Å². The summed E-state index contributed by atoms with van der Waals surface area (Å²) in [7, 11) is 0. The molecule has 1 aromatic carbocycles. The fourth-order valence-corrected chi connectivity index (χ4v) is 3.24. The van der Waals surface area contributed by atoms with Crippen molar-refractivity contribution < 1.29 is 14.8 Å². The molecule has 2 amide bonds. The Balaban J connectivity index is 0.00000341. The average Bonchev–Trinajstić information content (AvgIpc) is 2.81. The Kier molecular flexibility index (Phi) is 9.90. The van der Waals surface area contributed by atoms with Crippen LogP contribution in [0.15, 0.2) is 60.7 Å². The molecule has 1 saturated heterocycles. The van der Waals surface area contributed by atoms with Crippen molar-refractivity contribution in [1.82, 2.24) is 20.3 Å². The summed E-state index contributed by atoms with van der Waals surface area (Å²) in [4.78, 5) is 32.1. The highest BCUT2D eigenvalue weighted by molar-refractivity contribution is 5.92. The summed E-state index contributed by atoms with van der Waals surface area (Å²) >= 11 is 0. The minimum absolute atomic E-state index is 0. The number of hydrogen-bond acceptors (Lipinski definition) is 5. The van der Waals surface area contributed by atoms with E-state index in [1.54, 1.807) is 24.3 Å². The summed E-state index contributed by atoms with van der Waals surface area (Å²) < 4.78 is 0. The van der Waals surface area contributed by atoms with E-state index in [0.717, 1.165) is 26.1 Å². The largest absolute Gasteiger partial charge is 0.337 e. The van der Waals surface area contributed by atoms with E-state index in [4.69, 9.17) is 5.21 Å². The summed E-state index contributed by atoms with van der Waals surface area (Å²) in [6.45, 7) is 4.17. The van der Waals surface area contributed by atoms with E-state index < -0.39 is 5.91 Å². The summed E-state index contributed by atoms with van der Waals surface area (Å²) in [5.74, 6) is -0.657. The number of rotatable bonds is 7. The van der Waals surface area contributed by atoms with Crippen LogP contribution in [-0.2, 0) is 16.0 Å². The third-order valence-electron chi connectivity index (χ3n) is 4.95. The third-order valence-corrected chi connectivity index (χ3v) is 4.95. The van der Waals surface area contributed by atoms with Crippen molar-refractivity contribution in [2.45, 2.75) is 6.42 Å². The monoisotopic (exact) mass is 442 g/mol. The molecule has 0 spiro atoms. The molecule has 0 aliphatic carbocycles. The van der Waals surface area contributed by atoms with Crippen LogP contribution in [0.25, 0.3) is 12.2 Å². The molecule has 0 radical (unpaired) electrons. The first-order chi connectivity index (χ1) is 14.6. The number of piperazine rings is 1. The van der Waals surface area contributed by atoms with Crippen molar-refractivity contribution in [3.8, 4) is 0 Å². The number of hydrogen-bond donors (Lipinski definition) is 2. The number of aromatic nitrogens is 1. The van der Waals surface area contributed by atoms with Crippen LogP contribution in [-0.4, -0.2) is 64.5 Å². The molecule has 1 aliphatic rings. The Labute approximate surface area is 188 Å². The van der Waals surface area contributed by atoms with E-state index in [1.807, 2.05) is 11.0 Å². The Morgan fingerprint density at radius 2 is 1.58 bits per heavy atom. The first-order valence-corrected chi connectivity index (χ1v) is 9.96. The van der Waals surface area contributed by atoms with Crippen LogP contribution < -0.4 is 5.48 Å².